The van der Waals surface area contributed by atoms with Gasteiger partial charge in [-0.1, -0.05) is 24.6 Å². The molecule has 0 spiro atoms. The molecule has 3 fully saturated rings. The largest absolute Gasteiger partial charge is 0.492 e. The van der Waals surface area contributed by atoms with Crippen molar-refractivity contribution in [3.8, 4) is 5.75 Å². The van der Waals surface area contributed by atoms with Crippen LogP contribution in [0.4, 0.5) is 15.9 Å². The fraction of sp³-hybridized carbons (Fsp3) is 0.433. The first kappa shape index (κ1) is 28.0. The van der Waals surface area contributed by atoms with Gasteiger partial charge < -0.3 is 24.3 Å². The molecule has 3 saturated heterocycles. The Kier molecular flexibility index (Phi) is 8.19. The van der Waals surface area contributed by atoms with E-state index in [1.165, 1.54) is 18.5 Å². The monoisotopic (exact) mass is 582 g/mol. The molecule has 3 aliphatic rings. The van der Waals surface area contributed by atoms with Crippen LogP contribution in [0.2, 0.25) is 5.02 Å². The highest BCUT2D eigenvalue weighted by Crippen LogP contribution is 2.34. The van der Waals surface area contributed by atoms with Crippen LogP contribution in [0.15, 0.2) is 48.8 Å². The van der Waals surface area contributed by atoms with Gasteiger partial charge in [0.1, 0.15) is 23.7 Å². The number of halogens is 2. The Morgan fingerprint density at radius 2 is 1.98 bits per heavy atom. The average molecular weight is 583 g/mol. The van der Waals surface area contributed by atoms with E-state index >= 15 is 0 Å². The number of ether oxygens (including phenoxy) is 4. The molecule has 6 rings (SSSR count). The summed E-state index contributed by atoms with van der Waals surface area (Å²) in [5.41, 5.74) is 1.87. The van der Waals surface area contributed by atoms with E-state index in [0.29, 0.717) is 67.7 Å². The van der Waals surface area contributed by atoms with Crippen molar-refractivity contribution in [3.05, 3.63) is 65.2 Å². The smallest absolute Gasteiger partial charge is 0.159 e. The van der Waals surface area contributed by atoms with Crippen LogP contribution in [0.1, 0.15) is 12.5 Å². The molecule has 11 heteroatoms. The maximum atomic E-state index is 13.7. The summed E-state index contributed by atoms with van der Waals surface area (Å²) < 4.78 is 36.9. The Hall–Kier alpha value is -3.15. The second-order valence-corrected chi connectivity index (χ2v) is 11.5. The van der Waals surface area contributed by atoms with E-state index < -0.39 is 5.82 Å². The lowest BCUT2D eigenvalue weighted by atomic mass is 9.90. The summed E-state index contributed by atoms with van der Waals surface area (Å²) in [4.78, 5) is 24.2. The van der Waals surface area contributed by atoms with Crippen molar-refractivity contribution >= 4 is 39.8 Å². The number of aromatic nitrogens is 2. The molecule has 0 saturated carbocycles. The Bertz CT molecular complexity index is 1450. The zero-order chi connectivity index (χ0) is 28.4. The SMILES string of the molecule is CC1(COc2cc3ncnc(Nc4ccc(F)c(Cl)c4)c3cc2CC(=O)/C=C/CN2C[C@@H]3OCCO[C@H]3C2)COC1. The molecule has 4 heterocycles. The lowest BCUT2D eigenvalue weighted by Crippen LogP contribution is -2.44. The summed E-state index contributed by atoms with van der Waals surface area (Å²) in [7, 11) is 0. The highest BCUT2D eigenvalue weighted by Gasteiger charge is 2.36. The van der Waals surface area contributed by atoms with Crippen LogP contribution < -0.4 is 10.1 Å². The molecule has 0 aliphatic carbocycles. The molecular weight excluding hydrogens is 551 g/mol. The van der Waals surface area contributed by atoms with E-state index in [1.54, 1.807) is 12.1 Å². The number of carbonyl (C=O) groups is 1. The molecule has 216 valence electrons. The van der Waals surface area contributed by atoms with Gasteiger partial charge in [0.2, 0.25) is 0 Å². The van der Waals surface area contributed by atoms with Crippen LogP contribution in [-0.4, -0.2) is 85.5 Å². The van der Waals surface area contributed by atoms with Crippen molar-refractivity contribution in [2.24, 2.45) is 5.41 Å². The molecule has 9 nitrogen and oxygen atoms in total. The van der Waals surface area contributed by atoms with Crippen LogP contribution in [-0.2, 0) is 25.4 Å². The van der Waals surface area contributed by atoms with E-state index in [0.717, 1.165) is 18.7 Å². The summed E-state index contributed by atoms with van der Waals surface area (Å²) in [6, 6.07) is 8.07. The Morgan fingerprint density at radius 3 is 2.68 bits per heavy atom. The molecular formula is C30H32ClFN4O5. The molecule has 1 aromatic heterocycles. The Labute approximate surface area is 242 Å². The van der Waals surface area contributed by atoms with Gasteiger partial charge in [-0.25, -0.2) is 14.4 Å². The third-order valence-electron chi connectivity index (χ3n) is 7.55. The highest BCUT2D eigenvalue weighted by molar-refractivity contribution is 6.31. The molecule has 0 bridgehead atoms. The second kappa shape index (κ2) is 12.0. The van der Waals surface area contributed by atoms with E-state index in [1.807, 2.05) is 18.2 Å². The van der Waals surface area contributed by atoms with E-state index in [-0.39, 0.29) is 34.8 Å². The van der Waals surface area contributed by atoms with Gasteiger partial charge in [-0.2, -0.15) is 0 Å². The van der Waals surface area contributed by atoms with Crippen molar-refractivity contribution in [3.63, 3.8) is 0 Å². The number of fused-ring (bicyclic) bond motifs is 2. The van der Waals surface area contributed by atoms with Crippen LogP contribution in [0.25, 0.3) is 10.9 Å². The van der Waals surface area contributed by atoms with Crippen LogP contribution in [0, 0.1) is 11.2 Å². The highest BCUT2D eigenvalue weighted by atomic mass is 35.5. The molecule has 0 radical (unpaired) electrons. The molecule has 3 aliphatic heterocycles. The molecule has 1 N–H and O–H groups in total. The van der Waals surface area contributed by atoms with Crippen LogP contribution in [0.5, 0.6) is 5.75 Å². The minimum atomic E-state index is -0.504. The number of ketones is 1. The third-order valence-corrected chi connectivity index (χ3v) is 7.84. The number of rotatable bonds is 10. The molecule has 2 aromatic carbocycles. The zero-order valence-corrected chi connectivity index (χ0v) is 23.5. The van der Waals surface area contributed by atoms with Crippen molar-refractivity contribution in [1.82, 2.24) is 14.9 Å². The quantitative estimate of drug-likeness (QED) is 0.350. The number of hydrogen-bond donors (Lipinski definition) is 1. The van der Waals surface area contributed by atoms with Crippen LogP contribution in [0.3, 0.4) is 0 Å². The number of nitrogens with zero attached hydrogens (tertiary/aromatic N) is 3. The van der Waals surface area contributed by atoms with Gasteiger partial charge in [-0.05, 0) is 30.3 Å². The van der Waals surface area contributed by atoms with Gasteiger partial charge >= 0.3 is 0 Å². The minimum Gasteiger partial charge on any atom is -0.492 e. The molecule has 3 aromatic rings. The van der Waals surface area contributed by atoms with Gasteiger partial charge in [-0.15, -0.1) is 0 Å². The first-order valence-electron chi connectivity index (χ1n) is 13.7. The first-order chi connectivity index (χ1) is 19.8. The predicted molar refractivity (Wildman–Crippen MR) is 152 cm³/mol. The fourth-order valence-electron chi connectivity index (χ4n) is 5.26. The minimum absolute atomic E-state index is 0.00309. The summed E-state index contributed by atoms with van der Waals surface area (Å²) in [5, 5.41) is 3.89. The van der Waals surface area contributed by atoms with Crippen LogP contribution >= 0.6 is 11.6 Å². The Balaban J connectivity index is 1.21. The fourth-order valence-corrected chi connectivity index (χ4v) is 5.44. The van der Waals surface area contributed by atoms with Gasteiger partial charge in [0.05, 0.1) is 55.8 Å². The normalized spacial score (nSPS) is 22.0. The lowest BCUT2D eigenvalue weighted by Gasteiger charge is -2.37. The van der Waals surface area contributed by atoms with E-state index in [9.17, 15) is 9.18 Å². The number of hydrogen-bond acceptors (Lipinski definition) is 9. The summed E-state index contributed by atoms with van der Waals surface area (Å²) in [5.74, 6) is 0.552. The number of anilines is 2. The number of allylic oxidation sites excluding steroid dienone is 1. The first-order valence-corrected chi connectivity index (χ1v) is 14.1. The average Bonchev–Trinajstić information content (AvgIpc) is 3.36. The van der Waals surface area contributed by atoms with Gasteiger partial charge in [-0.3, -0.25) is 9.69 Å². The molecule has 0 amide bonds. The number of nitrogens with one attached hydrogen (secondary N) is 1. The lowest BCUT2D eigenvalue weighted by molar-refractivity contribution is -0.120. The predicted octanol–water partition coefficient (Wildman–Crippen LogP) is 4.35. The maximum absolute atomic E-state index is 13.7. The van der Waals surface area contributed by atoms with Gasteiger partial charge in [0, 0.05) is 54.2 Å². The summed E-state index contributed by atoms with van der Waals surface area (Å²) in [6.45, 7) is 7.32. The molecule has 41 heavy (non-hydrogen) atoms. The Morgan fingerprint density at radius 1 is 1.20 bits per heavy atom. The second-order valence-electron chi connectivity index (χ2n) is 11.1. The summed E-state index contributed by atoms with van der Waals surface area (Å²) >= 11 is 5.97. The standard InChI is InChI=1S/C30H32ClFN4O5/c1-30(15-38-16-30)17-41-26-12-25-22(29(34-18-33-25)35-20-4-5-24(32)23(31)11-20)10-19(26)9-21(37)3-2-6-36-13-27-28(14-36)40-8-7-39-27/h2-5,10-12,18,27-28H,6-9,13-17H2,1H3,(H,33,34,35)/b3-2+/t27-,28-/m0/s1. The summed E-state index contributed by atoms with van der Waals surface area (Å²) in [6.07, 6.45) is 5.30. The van der Waals surface area contributed by atoms with Gasteiger partial charge in [0.25, 0.3) is 0 Å². The van der Waals surface area contributed by atoms with Crippen molar-refractivity contribution in [1.29, 1.82) is 0 Å². The molecule has 2 atom stereocenters. The number of likely N-dealkylation sites (tertiary alicyclic amines) is 1. The topological polar surface area (TPSA) is 95.0 Å². The van der Waals surface area contributed by atoms with Crippen molar-refractivity contribution < 1.29 is 28.1 Å². The van der Waals surface area contributed by atoms with Crippen molar-refractivity contribution in [2.45, 2.75) is 25.6 Å². The third kappa shape index (κ3) is 6.52. The van der Waals surface area contributed by atoms with E-state index in [2.05, 4.69) is 27.1 Å². The maximum Gasteiger partial charge on any atom is 0.159 e. The van der Waals surface area contributed by atoms with E-state index in [4.69, 9.17) is 30.5 Å². The number of benzene rings is 2. The van der Waals surface area contributed by atoms with Gasteiger partial charge in [0.15, 0.2) is 5.78 Å². The molecule has 0 unspecified atom stereocenters. The zero-order valence-electron chi connectivity index (χ0n) is 22.8. The van der Waals surface area contributed by atoms with Crippen molar-refractivity contribution in [2.75, 3.05) is 58.0 Å². The number of carbonyl (C=O) groups excluding carboxylic acids is 1.